The Morgan fingerprint density at radius 2 is 1.90 bits per heavy atom. The normalized spacial score (nSPS) is 27.4. The highest BCUT2D eigenvalue weighted by atomic mass is 16.5. The van der Waals surface area contributed by atoms with Crippen molar-refractivity contribution in [1.82, 2.24) is 5.32 Å². The Balaban J connectivity index is 1.57. The Hall–Kier alpha value is -1.02. The second-order valence-electron chi connectivity index (χ2n) is 6.68. The van der Waals surface area contributed by atoms with Crippen LogP contribution in [0.3, 0.4) is 0 Å². The third kappa shape index (κ3) is 3.35. The Labute approximate surface area is 122 Å². The van der Waals surface area contributed by atoms with Crippen LogP contribution < -0.4 is 10.1 Å². The summed E-state index contributed by atoms with van der Waals surface area (Å²) >= 11 is 0. The Kier molecular flexibility index (Phi) is 4.30. The van der Waals surface area contributed by atoms with Crippen LogP contribution in [0.1, 0.15) is 57.4 Å². The number of fused-ring (bicyclic) bond motifs is 1. The predicted molar refractivity (Wildman–Crippen MR) is 83.0 cm³/mol. The van der Waals surface area contributed by atoms with Gasteiger partial charge in [-0.15, -0.1) is 0 Å². The van der Waals surface area contributed by atoms with Crippen LogP contribution in [-0.4, -0.2) is 12.3 Å². The van der Waals surface area contributed by atoms with Crippen molar-refractivity contribution >= 4 is 0 Å². The first-order valence-electron chi connectivity index (χ1n) is 8.27. The Bertz CT molecular complexity index is 437. The lowest BCUT2D eigenvalue weighted by Crippen LogP contribution is -2.51. The number of para-hydroxylation sites is 1. The monoisotopic (exact) mass is 273 g/mol. The zero-order chi connectivity index (χ0) is 13.8. The molecular weight excluding hydrogens is 246 g/mol. The van der Waals surface area contributed by atoms with Crippen molar-refractivity contribution in [1.29, 1.82) is 0 Å². The summed E-state index contributed by atoms with van der Waals surface area (Å²) in [4.78, 5) is 0. The summed E-state index contributed by atoms with van der Waals surface area (Å²) in [6.07, 6.45) is 10.6. The molecule has 1 aromatic rings. The van der Waals surface area contributed by atoms with Gasteiger partial charge in [-0.25, -0.2) is 0 Å². The van der Waals surface area contributed by atoms with Gasteiger partial charge in [-0.05, 0) is 43.7 Å². The molecule has 20 heavy (non-hydrogen) atoms. The van der Waals surface area contributed by atoms with Crippen molar-refractivity contribution in [3.05, 3.63) is 29.8 Å². The molecule has 1 atom stereocenters. The van der Waals surface area contributed by atoms with E-state index in [1.165, 1.54) is 44.1 Å². The standard InChI is InChI=1S/C18H27NO/c1-18(19-14-15-8-4-2-3-5-9-15)13-12-16-10-6-7-11-17(16)20-18/h6-7,10-11,15,19H,2-5,8-9,12-14H2,1H3. The fraction of sp³-hybridized carbons (Fsp3) is 0.667. The van der Waals surface area contributed by atoms with E-state index in [0.717, 1.165) is 31.1 Å². The van der Waals surface area contributed by atoms with Crippen LogP contribution in [0.4, 0.5) is 0 Å². The summed E-state index contributed by atoms with van der Waals surface area (Å²) in [5.74, 6) is 1.91. The third-order valence-electron chi connectivity index (χ3n) is 4.92. The minimum atomic E-state index is -0.180. The van der Waals surface area contributed by atoms with E-state index in [0.29, 0.717) is 0 Å². The summed E-state index contributed by atoms with van der Waals surface area (Å²) < 4.78 is 6.23. The van der Waals surface area contributed by atoms with Gasteiger partial charge in [-0.1, -0.05) is 43.9 Å². The Morgan fingerprint density at radius 3 is 2.70 bits per heavy atom. The number of hydrogen-bond donors (Lipinski definition) is 1. The van der Waals surface area contributed by atoms with E-state index in [1.54, 1.807) is 0 Å². The van der Waals surface area contributed by atoms with E-state index < -0.39 is 0 Å². The fourth-order valence-corrected chi connectivity index (χ4v) is 3.53. The first kappa shape index (κ1) is 13.9. The topological polar surface area (TPSA) is 21.3 Å². The summed E-state index contributed by atoms with van der Waals surface area (Å²) in [5, 5.41) is 3.71. The van der Waals surface area contributed by atoms with E-state index in [2.05, 4.69) is 36.5 Å². The van der Waals surface area contributed by atoms with Gasteiger partial charge in [0.2, 0.25) is 0 Å². The molecular formula is C18H27NO. The van der Waals surface area contributed by atoms with Crippen molar-refractivity contribution in [2.45, 2.75) is 64.0 Å². The van der Waals surface area contributed by atoms with E-state index in [9.17, 15) is 0 Å². The first-order valence-corrected chi connectivity index (χ1v) is 8.27. The van der Waals surface area contributed by atoms with Gasteiger partial charge >= 0.3 is 0 Å². The molecule has 2 heteroatoms. The molecule has 2 aliphatic rings. The number of ether oxygens (including phenoxy) is 1. The molecule has 2 nitrogen and oxygen atoms in total. The van der Waals surface area contributed by atoms with E-state index in [1.807, 2.05) is 0 Å². The summed E-state index contributed by atoms with van der Waals surface area (Å²) in [6, 6.07) is 8.44. The molecule has 0 radical (unpaired) electrons. The molecule has 1 fully saturated rings. The maximum atomic E-state index is 6.23. The van der Waals surface area contributed by atoms with Crippen LogP contribution in [-0.2, 0) is 6.42 Å². The van der Waals surface area contributed by atoms with Crippen molar-refractivity contribution in [3.8, 4) is 5.75 Å². The lowest BCUT2D eigenvalue weighted by molar-refractivity contribution is 0.0258. The highest BCUT2D eigenvalue weighted by Crippen LogP contribution is 2.32. The van der Waals surface area contributed by atoms with Crippen LogP contribution in [0, 0.1) is 5.92 Å². The molecule has 0 aromatic heterocycles. The van der Waals surface area contributed by atoms with Crippen molar-refractivity contribution in [2.24, 2.45) is 5.92 Å². The summed E-state index contributed by atoms with van der Waals surface area (Å²) in [6.45, 7) is 3.32. The predicted octanol–water partition coefficient (Wildman–Crippen LogP) is 4.29. The van der Waals surface area contributed by atoms with Gasteiger partial charge in [-0.3, -0.25) is 5.32 Å². The Morgan fingerprint density at radius 1 is 1.15 bits per heavy atom. The molecule has 1 N–H and O–H groups in total. The third-order valence-corrected chi connectivity index (χ3v) is 4.92. The van der Waals surface area contributed by atoms with Crippen molar-refractivity contribution in [3.63, 3.8) is 0 Å². The molecule has 0 saturated heterocycles. The highest BCUT2D eigenvalue weighted by Gasteiger charge is 2.31. The molecule has 1 saturated carbocycles. The minimum absolute atomic E-state index is 0.180. The average molecular weight is 273 g/mol. The number of benzene rings is 1. The molecule has 0 spiro atoms. The minimum Gasteiger partial charge on any atom is -0.473 e. The number of hydrogen-bond acceptors (Lipinski definition) is 2. The van der Waals surface area contributed by atoms with Crippen LogP contribution in [0.15, 0.2) is 24.3 Å². The number of nitrogens with one attached hydrogen (secondary N) is 1. The van der Waals surface area contributed by atoms with Gasteiger partial charge in [0, 0.05) is 13.0 Å². The van der Waals surface area contributed by atoms with Crippen molar-refractivity contribution < 1.29 is 4.74 Å². The van der Waals surface area contributed by atoms with Crippen molar-refractivity contribution in [2.75, 3.05) is 6.54 Å². The van der Waals surface area contributed by atoms with E-state index in [-0.39, 0.29) is 5.72 Å². The van der Waals surface area contributed by atoms with E-state index in [4.69, 9.17) is 4.74 Å². The summed E-state index contributed by atoms with van der Waals surface area (Å²) in [5.41, 5.74) is 1.17. The fourth-order valence-electron chi connectivity index (χ4n) is 3.53. The van der Waals surface area contributed by atoms with Gasteiger partial charge in [0.15, 0.2) is 5.72 Å². The van der Waals surface area contributed by atoms with Gasteiger partial charge in [0.05, 0.1) is 0 Å². The molecule has 1 heterocycles. The highest BCUT2D eigenvalue weighted by molar-refractivity contribution is 5.35. The second kappa shape index (κ2) is 6.17. The first-order chi connectivity index (χ1) is 9.75. The average Bonchev–Trinajstić information content (AvgIpc) is 2.74. The quantitative estimate of drug-likeness (QED) is 0.830. The molecule has 1 aliphatic carbocycles. The van der Waals surface area contributed by atoms with Crippen LogP contribution in [0.5, 0.6) is 5.75 Å². The lowest BCUT2D eigenvalue weighted by atomic mass is 9.96. The maximum Gasteiger partial charge on any atom is 0.158 e. The van der Waals surface area contributed by atoms with E-state index >= 15 is 0 Å². The van der Waals surface area contributed by atoms with Crippen LogP contribution in [0.2, 0.25) is 0 Å². The zero-order valence-electron chi connectivity index (χ0n) is 12.7. The molecule has 3 rings (SSSR count). The number of aryl methyl sites for hydroxylation is 1. The zero-order valence-corrected chi connectivity index (χ0v) is 12.7. The maximum absolute atomic E-state index is 6.23. The molecule has 1 unspecified atom stereocenters. The van der Waals surface area contributed by atoms with Gasteiger partial charge in [0.1, 0.15) is 5.75 Å². The van der Waals surface area contributed by atoms with Gasteiger partial charge in [0.25, 0.3) is 0 Å². The smallest absolute Gasteiger partial charge is 0.158 e. The molecule has 110 valence electrons. The molecule has 0 bridgehead atoms. The number of rotatable bonds is 3. The molecule has 1 aromatic carbocycles. The summed E-state index contributed by atoms with van der Waals surface area (Å²) in [7, 11) is 0. The molecule has 1 aliphatic heterocycles. The van der Waals surface area contributed by atoms with Crippen LogP contribution >= 0.6 is 0 Å². The largest absolute Gasteiger partial charge is 0.473 e. The SMILES string of the molecule is CC1(NCC2CCCCCC2)CCc2ccccc2O1. The van der Waals surface area contributed by atoms with Gasteiger partial charge < -0.3 is 4.74 Å². The lowest BCUT2D eigenvalue weighted by Gasteiger charge is -2.37. The van der Waals surface area contributed by atoms with Gasteiger partial charge in [-0.2, -0.15) is 0 Å². The molecule has 0 amide bonds. The second-order valence-corrected chi connectivity index (χ2v) is 6.68. The van der Waals surface area contributed by atoms with Crippen LogP contribution in [0.25, 0.3) is 0 Å².